The second-order valence-electron chi connectivity index (χ2n) is 4.16. The molecular weight excluding hydrogens is 218 g/mol. The predicted octanol–water partition coefficient (Wildman–Crippen LogP) is 0.597. The van der Waals surface area contributed by atoms with Gasteiger partial charge in [0.15, 0.2) is 0 Å². The molecule has 92 valence electrons. The molecule has 1 unspecified atom stereocenters. The zero-order valence-corrected chi connectivity index (χ0v) is 10.0. The molecule has 0 radical (unpaired) electrons. The molecule has 0 bridgehead atoms. The van der Waals surface area contributed by atoms with Gasteiger partial charge in [0.05, 0.1) is 0 Å². The summed E-state index contributed by atoms with van der Waals surface area (Å²) in [5, 5.41) is 8.84. The highest BCUT2D eigenvalue weighted by molar-refractivity contribution is 5.84. The van der Waals surface area contributed by atoms with Crippen molar-refractivity contribution in [3.63, 3.8) is 0 Å². The van der Waals surface area contributed by atoms with Crippen molar-refractivity contribution >= 4 is 17.7 Å². The Morgan fingerprint density at radius 3 is 2.94 bits per heavy atom. The molecule has 3 N–H and O–H groups in total. The number of amides is 1. The summed E-state index contributed by atoms with van der Waals surface area (Å²) in [6, 6.07) is 1.82. The molecule has 1 aromatic heterocycles. The van der Waals surface area contributed by atoms with Crippen molar-refractivity contribution in [1.82, 2.24) is 15.3 Å². The van der Waals surface area contributed by atoms with E-state index in [2.05, 4.69) is 25.9 Å². The Bertz CT molecular complexity index is 405. The minimum absolute atomic E-state index is 0.0112. The van der Waals surface area contributed by atoms with Gasteiger partial charge < -0.3 is 16.0 Å². The van der Waals surface area contributed by atoms with Crippen LogP contribution in [0.5, 0.6) is 0 Å². The summed E-state index contributed by atoms with van der Waals surface area (Å²) in [4.78, 5) is 19.9. The first-order valence-electron chi connectivity index (χ1n) is 5.77. The molecule has 6 nitrogen and oxygen atoms in total. The Balaban J connectivity index is 1.91. The molecule has 6 heteroatoms. The molecule has 2 rings (SSSR count). The summed E-state index contributed by atoms with van der Waals surface area (Å²) in [5.74, 6) is 1.18. The van der Waals surface area contributed by atoms with E-state index in [4.69, 9.17) is 0 Å². The van der Waals surface area contributed by atoms with Gasteiger partial charge in [0, 0.05) is 19.3 Å². The minimum Gasteiger partial charge on any atom is -0.358 e. The van der Waals surface area contributed by atoms with Crippen LogP contribution >= 0.6 is 0 Å². The van der Waals surface area contributed by atoms with Gasteiger partial charge in [-0.05, 0) is 25.8 Å². The highest BCUT2D eigenvalue weighted by Gasteiger charge is 2.25. The topological polar surface area (TPSA) is 78.9 Å². The number of nitrogens with one attached hydrogen (secondary N) is 3. The van der Waals surface area contributed by atoms with E-state index in [0.29, 0.717) is 17.8 Å². The molecule has 1 heterocycles. The number of aromatic nitrogens is 2. The van der Waals surface area contributed by atoms with Crippen LogP contribution in [-0.2, 0) is 4.79 Å². The zero-order valence-electron chi connectivity index (χ0n) is 10.0. The summed E-state index contributed by atoms with van der Waals surface area (Å²) in [5.41, 5.74) is 0. The largest absolute Gasteiger partial charge is 0.358 e. The van der Waals surface area contributed by atoms with E-state index in [9.17, 15) is 4.79 Å². The van der Waals surface area contributed by atoms with Gasteiger partial charge in [-0.1, -0.05) is 0 Å². The van der Waals surface area contributed by atoms with Crippen LogP contribution in [0.25, 0.3) is 0 Å². The molecule has 0 saturated heterocycles. The van der Waals surface area contributed by atoms with Gasteiger partial charge in [0.2, 0.25) is 11.9 Å². The molecule has 0 spiro atoms. The highest BCUT2D eigenvalue weighted by Crippen LogP contribution is 2.18. The van der Waals surface area contributed by atoms with Crippen LogP contribution in [0, 0.1) is 0 Å². The van der Waals surface area contributed by atoms with Gasteiger partial charge in [0.1, 0.15) is 11.9 Å². The van der Waals surface area contributed by atoms with Gasteiger partial charge in [-0.3, -0.25) is 4.79 Å². The maximum atomic E-state index is 11.7. The Labute approximate surface area is 100 Å². The number of carbonyl (C=O) groups excluding carboxylic acids is 1. The van der Waals surface area contributed by atoms with Gasteiger partial charge >= 0.3 is 0 Å². The Hall–Kier alpha value is -1.85. The summed E-state index contributed by atoms with van der Waals surface area (Å²) in [7, 11) is 1.75. The third-order valence-electron chi connectivity index (χ3n) is 2.56. The standard InChI is InChI=1S/C11H17N5O/c1-7(10(17)15-8-3-4-8)14-9-5-6-13-11(12-2)16-9/h5-8H,3-4H2,1-2H3,(H,15,17)(H2,12,13,14,16). The van der Waals surface area contributed by atoms with E-state index in [1.165, 1.54) is 0 Å². The first-order valence-corrected chi connectivity index (χ1v) is 5.77. The molecule has 0 aromatic carbocycles. The van der Waals surface area contributed by atoms with Crippen molar-refractivity contribution in [1.29, 1.82) is 0 Å². The van der Waals surface area contributed by atoms with E-state index in [1.54, 1.807) is 19.3 Å². The summed E-state index contributed by atoms with van der Waals surface area (Å²) in [6.07, 6.45) is 3.83. The molecular formula is C11H17N5O. The summed E-state index contributed by atoms with van der Waals surface area (Å²) in [6.45, 7) is 1.82. The van der Waals surface area contributed by atoms with Crippen LogP contribution in [0.15, 0.2) is 12.3 Å². The minimum atomic E-state index is -0.296. The molecule has 1 fully saturated rings. The zero-order chi connectivity index (χ0) is 12.3. The van der Waals surface area contributed by atoms with Gasteiger partial charge in [-0.15, -0.1) is 0 Å². The van der Waals surface area contributed by atoms with E-state index in [1.807, 2.05) is 6.92 Å². The smallest absolute Gasteiger partial charge is 0.242 e. The van der Waals surface area contributed by atoms with Crippen molar-refractivity contribution in [2.45, 2.75) is 31.8 Å². The van der Waals surface area contributed by atoms with Crippen molar-refractivity contribution in [3.05, 3.63) is 12.3 Å². The van der Waals surface area contributed by atoms with Crippen LogP contribution < -0.4 is 16.0 Å². The lowest BCUT2D eigenvalue weighted by molar-refractivity contribution is -0.121. The third-order valence-corrected chi connectivity index (χ3v) is 2.56. The fourth-order valence-corrected chi connectivity index (χ4v) is 1.40. The van der Waals surface area contributed by atoms with Gasteiger partial charge in [-0.2, -0.15) is 4.98 Å². The monoisotopic (exact) mass is 235 g/mol. The highest BCUT2D eigenvalue weighted by atomic mass is 16.2. The van der Waals surface area contributed by atoms with E-state index < -0.39 is 0 Å². The lowest BCUT2D eigenvalue weighted by Gasteiger charge is -2.14. The molecule has 1 aromatic rings. The molecule has 1 aliphatic carbocycles. The van der Waals surface area contributed by atoms with Crippen LogP contribution in [0.2, 0.25) is 0 Å². The van der Waals surface area contributed by atoms with Crippen molar-refractivity contribution in [2.24, 2.45) is 0 Å². The molecule has 1 saturated carbocycles. The van der Waals surface area contributed by atoms with Crippen LogP contribution in [0.1, 0.15) is 19.8 Å². The predicted molar refractivity (Wildman–Crippen MR) is 65.8 cm³/mol. The lowest BCUT2D eigenvalue weighted by Crippen LogP contribution is -2.38. The number of hydrogen-bond acceptors (Lipinski definition) is 5. The normalized spacial score (nSPS) is 16.1. The maximum absolute atomic E-state index is 11.7. The van der Waals surface area contributed by atoms with Crippen LogP contribution in [-0.4, -0.2) is 35.0 Å². The number of nitrogens with zero attached hydrogens (tertiary/aromatic N) is 2. The van der Waals surface area contributed by atoms with Crippen molar-refractivity contribution in [3.8, 4) is 0 Å². The van der Waals surface area contributed by atoms with Crippen LogP contribution in [0.3, 0.4) is 0 Å². The average Bonchev–Trinajstić information content (AvgIpc) is 3.13. The van der Waals surface area contributed by atoms with E-state index in [-0.39, 0.29) is 11.9 Å². The van der Waals surface area contributed by atoms with Crippen molar-refractivity contribution in [2.75, 3.05) is 17.7 Å². The third kappa shape index (κ3) is 3.30. The second kappa shape index (κ2) is 4.99. The van der Waals surface area contributed by atoms with E-state index in [0.717, 1.165) is 12.8 Å². The van der Waals surface area contributed by atoms with Crippen LogP contribution in [0.4, 0.5) is 11.8 Å². The van der Waals surface area contributed by atoms with Gasteiger partial charge in [0.25, 0.3) is 0 Å². The fraction of sp³-hybridized carbons (Fsp3) is 0.545. The lowest BCUT2D eigenvalue weighted by atomic mass is 10.3. The SMILES string of the molecule is CNc1nccc(NC(C)C(=O)NC2CC2)n1. The second-order valence-corrected chi connectivity index (χ2v) is 4.16. The molecule has 17 heavy (non-hydrogen) atoms. The molecule has 1 aliphatic rings. The maximum Gasteiger partial charge on any atom is 0.242 e. The van der Waals surface area contributed by atoms with Crippen molar-refractivity contribution < 1.29 is 4.79 Å². The first-order chi connectivity index (χ1) is 8.19. The average molecular weight is 235 g/mol. The molecule has 1 atom stereocenters. The molecule has 0 aliphatic heterocycles. The van der Waals surface area contributed by atoms with Gasteiger partial charge in [-0.25, -0.2) is 4.98 Å². The Morgan fingerprint density at radius 1 is 1.53 bits per heavy atom. The number of rotatable bonds is 5. The fourth-order valence-electron chi connectivity index (χ4n) is 1.40. The number of hydrogen-bond donors (Lipinski definition) is 3. The number of anilines is 2. The quantitative estimate of drug-likeness (QED) is 0.696. The first kappa shape index (κ1) is 11.6. The number of carbonyl (C=O) groups is 1. The Morgan fingerprint density at radius 2 is 2.29 bits per heavy atom. The summed E-state index contributed by atoms with van der Waals surface area (Å²) < 4.78 is 0. The van der Waals surface area contributed by atoms with E-state index >= 15 is 0 Å². The molecule has 1 amide bonds. The summed E-state index contributed by atoms with van der Waals surface area (Å²) >= 11 is 0. The Kier molecular flexibility index (Phi) is 3.41.